The van der Waals surface area contributed by atoms with Crippen LogP contribution in [0, 0.1) is 0 Å². The van der Waals surface area contributed by atoms with Gasteiger partial charge >= 0.3 is 5.69 Å². The number of nitrogens with one attached hydrogen (secondary N) is 1. The van der Waals surface area contributed by atoms with Gasteiger partial charge in [-0.3, -0.25) is 0 Å². The first-order valence-corrected chi connectivity index (χ1v) is 9.19. The molecule has 0 aliphatic carbocycles. The summed E-state index contributed by atoms with van der Waals surface area (Å²) >= 11 is 0. The summed E-state index contributed by atoms with van der Waals surface area (Å²) in [5, 5.41) is 13.5. The van der Waals surface area contributed by atoms with Gasteiger partial charge in [0.1, 0.15) is 5.82 Å². The number of anilines is 2. The highest BCUT2D eigenvalue weighted by atomic mass is 16.5. The van der Waals surface area contributed by atoms with Gasteiger partial charge in [0.25, 0.3) is 0 Å². The molecular formula is C22H21N5O2. The second-order valence-electron chi connectivity index (χ2n) is 7.07. The minimum absolute atomic E-state index is 0.157. The molecule has 2 heterocycles. The summed E-state index contributed by atoms with van der Waals surface area (Å²) in [7, 11) is 4.10. The molecule has 7 heteroatoms. The number of benzene rings is 2. The smallest absolute Gasteiger partial charge is 0.384 e. The maximum atomic E-state index is 11.9. The second-order valence-corrected chi connectivity index (χ2v) is 7.07. The Kier molecular flexibility index (Phi) is 4.97. The molecule has 2 aromatic heterocycles. The van der Waals surface area contributed by atoms with E-state index in [-0.39, 0.29) is 5.65 Å². The predicted octanol–water partition coefficient (Wildman–Crippen LogP) is 3.50. The summed E-state index contributed by atoms with van der Waals surface area (Å²) in [5.74, 6) is 0.351. The number of rotatable bonds is 5. The van der Waals surface area contributed by atoms with E-state index in [9.17, 15) is 10.0 Å². The fraction of sp³-hybridized carbons (Fsp3) is 0.136. The first-order chi connectivity index (χ1) is 14.0. The minimum atomic E-state index is -0.784. The lowest BCUT2D eigenvalue weighted by atomic mass is 10.0. The highest BCUT2D eigenvalue weighted by Gasteiger charge is 2.11. The van der Waals surface area contributed by atoms with Crippen molar-refractivity contribution < 1.29 is 5.21 Å². The molecule has 0 saturated heterocycles. The molecule has 0 bridgehead atoms. The second kappa shape index (κ2) is 7.73. The van der Waals surface area contributed by atoms with Crippen molar-refractivity contribution in [3.63, 3.8) is 0 Å². The zero-order valence-electron chi connectivity index (χ0n) is 16.2. The van der Waals surface area contributed by atoms with Gasteiger partial charge in [-0.15, -0.1) is 4.73 Å². The van der Waals surface area contributed by atoms with Crippen LogP contribution in [0.15, 0.2) is 71.7 Å². The van der Waals surface area contributed by atoms with Crippen LogP contribution in [0.2, 0.25) is 0 Å². The number of aromatic nitrogens is 3. The first kappa shape index (κ1) is 18.6. The molecule has 0 saturated carbocycles. The van der Waals surface area contributed by atoms with Gasteiger partial charge in [-0.05, 0) is 61.1 Å². The van der Waals surface area contributed by atoms with Crippen LogP contribution in [0.1, 0.15) is 5.56 Å². The van der Waals surface area contributed by atoms with Crippen molar-refractivity contribution in [2.24, 2.45) is 0 Å². The zero-order chi connectivity index (χ0) is 20.4. The maximum absolute atomic E-state index is 11.9. The molecule has 0 aliphatic rings. The Balaban J connectivity index is 1.62. The number of hydrogen-bond acceptors (Lipinski definition) is 6. The quantitative estimate of drug-likeness (QED) is 0.510. The van der Waals surface area contributed by atoms with Crippen molar-refractivity contribution in [2.75, 3.05) is 19.4 Å². The fourth-order valence-corrected chi connectivity index (χ4v) is 3.24. The number of nitrogens with zero attached hydrogens (tertiary/aromatic N) is 4. The molecule has 0 atom stereocenters. The van der Waals surface area contributed by atoms with E-state index in [0.717, 1.165) is 23.4 Å². The normalized spacial score (nSPS) is 11.1. The summed E-state index contributed by atoms with van der Waals surface area (Å²) in [6.45, 7) is 0.886. The van der Waals surface area contributed by atoms with E-state index in [1.54, 1.807) is 12.1 Å². The van der Waals surface area contributed by atoms with Crippen LogP contribution in [-0.4, -0.2) is 38.9 Å². The molecule has 7 nitrogen and oxygen atoms in total. The summed E-state index contributed by atoms with van der Waals surface area (Å²) < 4.78 is 0.449. The third kappa shape index (κ3) is 3.95. The summed E-state index contributed by atoms with van der Waals surface area (Å²) in [4.78, 5) is 22.0. The first-order valence-electron chi connectivity index (χ1n) is 9.19. The standard InChI is InChI=1S/C22H21N5O2/c1-26(2)14-15-5-3-6-17(13-15)16-8-10-18(11-9-16)24-20-19-7-4-12-23-21(19)27(29)22(28)25-20/h3-13,29H,14H2,1-2H3,(H,24,25,28). The molecule has 4 aromatic rings. The molecule has 2 aromatic carbocycles. The van der Waals surface area contributed by atoms with Crippen LogP contribution in [0.25, 0.3) is 22.2 Å². The average molecular weight is 387 g/mol. The molecule has 0 aliphatic heterocycles. The summed E-state index contributed by atoms with van der Waals surface area (Å²) in [5.41, 5.74) is 3.65. The minimum Gasteiger partial charge on any atom is -0.422 e. The lowest BCUT2D eigenvalue weighted by Gasteiger charge is -2.12. The van der Waals surface area contributed by atoms with Crippen LogP contribution >= 0.6 is 0 Å². The average Bonchev–Trinajstić information content (AvgIpc) is 2.72. The van der Waals surface area contributed by atoms with E-state index in [0.29, 0.717) is 15.9 Å². The third-order valence-electron chi connectivity index (χ3n) is 4.54. The van der Waals surface area contributed by atoms with E-state index in [4.69, 9.17) is 0 Å². The topological polar surface area (TPSA) is 83.3 Å². The molecule has 146 valence electrons. The lowest BCUT2D eigenvalue weighted by Crippen LogP contribution is -2.23. The zero-order valence-corrected chi connectivity index (χ0v) is 16.2. The molecule has 0 spiro atoms. The van der Waals surface area contributed by atoms with Crippen molar-refractivity contribution in [1.82, 2.24) is 19.6 Å². The van der Waals surface area contributed by atoms with Gasteiger partial charge in [-0.1, -0.05) is 30.3 Å². The molecular weight excluding hydrogens is 366 g/mol. The van der Waals surface area contributed by atoms with Gasteiger partial charge in [0.2, 0.25) is 0 Å². The molecule has 0 unspecified atom stereocenters. The SMILES string of the molecule is CN(C)Cc1cccc(-c2ccc(Nc3nc(=O)n(O)c4ncccc34)cc2)c1. The van der Waals surface area contributed by atoms with Gasteiger partial charge in [0, 0.05) is 18.4 Å². The Morgan fingerprint density at radius 2 is 1.83 bits per heavy atom. The maximum Gasteiger partial charge on any atom is 0.384 e. The van der Waals surface area contributed by atoms with Crippen LogP contribution in [0.3, 0.4) is 0 Å². The van der Waals surface area contributed by atoms with Gasteiger partial charge in [0.15, 0.2) is 5.65 Å². The Labute approximate surface area is 167 Å². The van der Waals surface area contributed by atoms with E-state index in [1.807, 2.05) is 24.3 Å². The van der Waals surface area contributed by atoms with Crippen LogP contribution in [0.5, 0.6) is 0 Å². The van der Waals surface area contributed by atoms with E-state index in [2.05, 4.69) is 58.5 Å². The molecule has 2 N–H and O–H groups in total. The third-order valence-corrected chi connectivity index (χ3v) is 4.54. The monoisotopic (exact) mass is 387 g/mol. The number of pyridine rings is 1. The van der Waals surface area contributed by atoms with E-state index in [1.165, 1.54) is 11.8 Å². The molecule has 0 fully saturated rings. The Morgan fingerprint density at radius 1 is 1.03 bits per heavy atom. The van der Waals surface area contributed by atoms with Crippen molar-refractivity contribution in [3.05, 3.63) is 82.9 Å². The fourth-order valence-electron chi connectivity index (χ4n) is 3.24. The van der Waals surface area contributed by atoms with Crippen molar-refractivity contribution in [2.45, 2.75) is 6.54 Å². The molecule has 4 rings (SSSR count). The van der Waals surface area contributed by atoms with Crippen molar-refractivity contribution >= 4 is 22.5 Å². The molecule has 0 amide bonds. The van der Waals surface area contributed by atoms with Crippen molar-refractivity contribution in [3.8, 4) is 11.1 Å². The highest BCUT2D eigenvalue weighted by molar-refractivity contribution is 5.88. The number of hydrogen-bond donors (Lipinski definition) is 2. The largest absolute Gasteiger partial charge is 0.422 e. The summed E-state index contributed by atoms with van der Waals surface area (Å²) in [6.07, 6.45) is 1.51. The van der Waals surface area contributed by atoms with Gasteiger partial charge in [-0.2, -0.15) is 4.98 Å². The Morgan fingerprint density at radius 3 is 2.59 bits per heavy atom. The van der Waals surface area contributed by atoms with Gasteiger partial charge < -0.3 is 15.4 Å². The van der Waals surface area contributed by atoms with Crippen molar-refractivity contribution in [1.29, 1.82) is 0 Å². The van der Waals surface area contributed by atoms with Crippen LogP contribution in [0.4, 0.5) is 11.5 Å². The Bertz CT molecular complexity index is 1220. The Hall–Kier alpha value is -3.71. The van der Waals surface area contributed by atoms with Crippen LogP contribution < -0.4 is 11.0 Å². The predicted molar refractivity (Wildman–Crippen MR) is 114 cm³/mol. The summed E-state index contributed by atoms with van der Waals surface area (Å²) in [6, 6.07) is 19.8. The highest BCUT2D eigenvalue weighted by Crippen LogP contribution is 2.25. The van der Waals surface area contributed by atoms with Gasteiger partial charge in [0.05, 0.1) is 5.39 Å². The molecule has 0 radical (unpaired) electrons. The lowest BCUT2D eigenvalue weighted by molar-refractivity contribution is 0.182. The van der Waals surface area contributed by atoms with E-state index < -0.39 is 5.69 Å². The van der Waals surface area contributed by atoms with E-state index >= 15 is 0 Å². The molecule has 29 heavy (non-hydrogen) atoms. The van der Waals surface area contributed by atoms with Crippen LogP contribution in [-0.2, 0) is 6.54 Å². The number of fused-ring (bicyclic) bond motifs is 1. The van der Waals surface area contributed by atoms with Gasteiger partial charge in [-0.25, -0.2) is 9.78 Å².